The lowest BCUT2D eigenvalue weighted by molar-refractivity contribution is 0.182. The fraction of sp³-hybridized carbons (Fsp3) is 0.308. The van der Waals surface area contributed by atoms with Crippen molar-refractivity contribution in [2.45, 2.75) is 6.61 Å². The second-order valence-electron chi connectivity index (χ2n) is 3.73. The molecule has 0 saturated carbocycles. The van der Waals surface area contributed by atoms with Gasteiger partial charge in [0.2, 0.25) is 0 Å². The third-order valence-electron chi connectivity index (χ3n) is 2.63. The van der Waals surface area contributed by atoms with E-state index in [2.05, 4.69) is 10.3 Å². The summed E-state index contributed by atoms with van der Waals surface area (Å²) in [6, 6.07) is 7.83. The molecule has 0 radical (unpaired) electrons. The molecule has 0 amide bonds. The van der Waals surface area contributed by atoms with Crippen LogP contribution in [0.1, 0.15) is 5.69 Å². The zero-order valence-corrected chi connectivity index (χ0v) is 10.3. The van der Waals surface area contributed by atoms with E-state index in [1.807, 2.05) is 31.3 Å². The summed E-state index contributed by atoms with van der Waals surface area (Å²) in [5, 5.41) is 4.22. The van der Waals surface area contributed by atoms with E-state index in [1.54, 1.807) is 14.2 Å². The zero-order valence-electron chi connectivity index (χ0n) is 10.3. The van der Waals surface area contributed by atoms with Crippen LogP contribution in [0.2, 0.25) is 0 Å². The molecule has 0 atom stereocenters. The Morgan fingerprint density at radius 3 is 2.71 bits per heavy atom. The molecule has 0 aliphatic heterocycles. The number of ether oxygens (including phenoxy) is 2. The van der Waals surface area contributed by atoms with Crippen molar-refractivity contribution < 1.29 is 9.47 Å². The second-order valence-corrected chi connectivity index (χ2v) is 3.73. The third-order valence-corrected chi connectivity index (χ3v) is 2.63. The quantitative estimate of drug-likeness (QED) is 0.879. The standard InChI is InChI=1S/C13H16N2O2/c1-14-13-6-9(8-16-2)15-12-5-4-10(17-3)7-11(12)13/h4-7H,8H2,1-3H3,(H,14,15). The van der Waals surface area contributed by atoms with E-state index in [1.165, 1.54) is 0 Å². The smallest absolute Gasteiger partial charge is 0.119 e. The van der Waals surface area contributed by atoms with Gasteiger partial charge < -0.3 is 14.8 Å². The number of hydrogen-bond acceptors (Lipinski definition) is 4. The molecule has 90 valence electrons. The van der Waals surface area contributed by atoms with Gasteiger partial charge in [-0.3, -0.25) is 4.98 Å². The average Bonchev–Trinajstić information content (AvgIpc) is 2.37. The van der Waals surface area contributed by atoms with Crippen LogP contribution in [-0.2, 0) is 11.3 Å². The fourth-order valence-corrected chi connectivity index (χ4v) is 1.82. The van der Waals surface area contributed by atoms with Crippen molar-refractivity contribution in [3.8, 4) is 5.75 Å². The van der Waals surface area contributed by atoms with E-state index in [-0.39, 0.29) is 0 Å². The predicted octanol–water partition coefficient (Wildman–Crippen LogP) is 2.43. The summed E-state index contributed by atoms with van der Waals surface area (Å²) in [7, 11) is 5.22. The van der Waals surface area contributed by atoms with E-state index < -0.39 is 0 Å². The van der Waals surface area contributed by atoms with Gasteiger partial charge in [0.25, 0.3) is 0 Å². The van der Waals surface area contributed by atoms with Gasteiger partial charge in [0.05, 0.1) is 24.9 Å². The van der Waals surface area contributed by atoms with Gasteiger partial charge >= 0.3 is 0 Å². The minimum Gasteiger partial charge on any atom is -0.497 e. The second kappa shape index (κ2) is 5.01. The molecule has 4 nitrogen and oxygen atoms in total. The minimum absolute atomic E-state index is 0.511. The SMILES string of the molecule is CNc1cc(COC)nc2ccc(OC)cc12. The molecule has 0 saturated heterocycles. The number of pyridine rings is 1. The normalized spacial score (nSPS) is 10.5. The Bertz CT molecular complexity index is 526. The molecule has 0 aliphatic rings. The highest BCUT2D eigenvalue weighted by Crippen LogP contribution is 2.27. The molecular weight excluding hydrogens is 216 g/mol. The predicted molar refractivity (Wildman–Crippen MR) is 68.6 cm³/mol. The van der Waals surface area contributed by atoms with Gasteiger partial charge in [0.15, 0.2) is 0 Å². The summed E-state index contributed by atoms with van der Waals surface area (Å²) in [5.41, 5.74) is 2.88. The highest BCUT2D eigenvalue weighted by molar-refractivity contribution is 5.92. The number of methoxy groups -OCH3 is 2. The number of hydrogen-bond donors (Lipinski definition) is 1. The molecular formula is C13H16N2O2. The molecule has 0 spiro atoms. The highest BCUT2D eigenvalue weighted by atomic mass is 16.5. The van der Waals surface area contributed by atoms with Crippen LogP contribution in [0.15, 0.2) is 24.3 Å². The fourth-order valence-electron chi connectivity index (χ4n) is 1.82. The molecule has 1 aromatic carbocycles. The summed E-state index contributed by atoms with van der Waals surface area (Å²) < 4.78 is 10.3. The first-order chi connectivity index (χ1) is 8.28. The summed E-state index contributed by atoms with van der Waals surface area (Å²) in [4.78, 5) is 4.53. The maximum Gasteiger partial charge on any atom is 0.119 e. The first-order valence-electron chi connectivity index (χ1n) is 5.43. The summed E-state index contributed by atoms with van der Waals surface area (Å²) >= 11 is 0. The Balaban J connectivity index is 2.60. The molecule has 2 rings (SSSR count). The van der Waals surface area contributed by atoms with Crippen LogP contribution in [0, 0.1) is 0 Å². The maximum absolute atomic E-state index is 5.22. The number of anilines is 1. The van der Waals surface area contributed by atoms with Crippen molar-refractivity contribution in [3.63, 3.8) is 0 Å². The Labute approximate surface area is 101 Å². The molecule has 0 unspecified atom stereocenters. The lowest BCUT2D eigenvalue weighted by Crippen LogP contribution is -1.98. The Kier molecular flexibility index (Phi) is 3.44. The van der Waals surface area contributed by atoms with Gasteiger partial charge in [-0.15, -0.1) is 0 Å². The summed E-state index contributed by atoms with van der Waals surface area (Å²) in [6.07, 6.45) is 0. The number of rotatable bonds is 4. The van der Waals surface area contributed by atoms with Crippen molar-refractivity contribution in [1.29, 1.82) is 0 Å². The van der Waals surface area contributed by atoms with Gasteiger partial charge in [-0.25, -0.2) is 0 Å². The molecule has 1 aromatic heterocycles. The molecule has 0 bridgehead atoms. The number of nitrogens with one attached hydrogen (secondary N) is 1. The van der Waals surface area contributed by atoms with E-state index in [0.29, 0.717) is 6.61 Å². The molecule has 1 heterocycles. The average molecular weight is 232 g/mol. The summed E-state index contributed by atoms with van der Waals surface area (Å²) in [5.74, 6) is 0.829. The molecule has 0 aliphatic carbocycles. The van der Waals surface area contributed by atoms with Gasteiger partial charge in [-0.2, -0.15) is 0 Å². The Hall–Kier alpha value is -1.81. The van der Waals surface area contributed by atoms with Gasteiger partial charge in [0.1, 0.15) is 5.75 Å². The lowest BCUT2D eigenvalue weighted by Gasteiger charge is -2.10. The van der Waals surface area contributed by atoms with Gasteiger partial charge in [-0.1, -0.05) is 0 Å². The Morgan fingerprint density at radius 1 is 1.24 bits per heavy atom. The van der Waals surface area contributed by atoms with Crippen molar-refractivity contribution in [2.75, 3.05) is 26.6 Å². The number of fused-ring (bicyclic) bond motifs is 1. The van der Waals surface area contributed by atoms with Crippen LogP contribution in [0.5, 0.6) is 5.75 Å². The number of aromatic nitrogens is 1. The largest absolute Gasteiger partial charge is 0.497 e. The molecule has 4 heteroatoms. The number of benzene rings is 1. The van der Waals surface area contributed by atoms with E-state index >= 15 is 0 Å². The van der Waals surface area contributed by atoms with E-state index in [4.69, 9.17) is 9.47 Å². The van der Waals surface area contributed by atoms with Crippen LogP contribution >= 0.6 is 0 Å². The maximum atomic E-state index is 5.22. The molecule has 0 fully saturated rings. The van der Waals surface area contributed by atoms with E-state index in [9.17, 15) is 0 Å². The highest BCUT2D eigenvalue weighted by Gasteiger charge is 2.06. The molecule has 17 heavy (non-hydrogen) atoms. The van der Waals surface area contributed by atoms with Crippen molar-refractivity contribution >= 4 is 16.6 Å². The first kappa shape index (κ1) is 11.7. The lowest BCUT2D eigenvalue weighted by atomic mass is 10.1. The molecule has 2 aromatic rings. The van der Waals surface area contributed by atoms with Crippen molar-refractivity contribution in [3.05, 3.63) is 30.0 Å². The van der Waals surface area contributed by atoms with Crippen LogP contribution in [0.3, 0.4) is 0 Å². The van der Waals surface area contributed by atoms with Crippen LogP contribution in [0.4, 0.5) is 5.69 Å². The van der Waals surface area contributed by atoms with Gasteiger partial charge in [0, 0.05) is 25.2 Å². The van der Waals surface area contributed by atoms with Crippen molar-refractivity contribution in [1.82, 2.24) is 4.98 Å². The van der Waals surface area contributed by atoms with Crippen LogP contribution in [0.25, 0.3) is 10.9 Å². The molecule has 1 N–H and O–H groups in total. The number of nitrogens with zero attached hydrogens (tertiary/aromatic N) is 1. The topological polar surface area (TPSA) is 43.4 Å². The van der Waals surface area contributed by atoms with E-state index in [0.717, 1.165) is 28.0 Å². The van der Waals surface area contributed by atoms with Crippen LogP contribution in [-0.4, -0.2) is 26.3 Å². The zero-order chi connectivity index (χ0) is 12.3. The van der Waals surface area contributed by atoms with Gasteiger partial charge in [-0.05, 0) is 24.3 Å². The van der Waals surface area contributed by atoms with Crippen molar-refractivity contribution in [2.24, 2.45) is 0 Å². The third kappa shape index (κ3) is 2.31. The van der Waals surface area contributed by atoms with Crippen LogP contribution < -0.4 is 10.1 Å². The minimum atomic E-state index is 0.511. The summed E-state index contributed by atoms with van der Waals surface area (Å²) in [6.45, 7) is 0.511. The first-order valence-corrected chi connectivity index (χ1v) is 5.43. The monoisotopic (exact) mass is 232 g/mol. The Morgan fingerprint density at radius 2 is 2.06 bits per heavy atom.